The van der Waals surface area contributed by atoms with Crippen LogP contribution in [0.3, 0.4) is 0 Å². The molecule has 0 aliphatic rings. The number of rotatable bonds is 1. The molecule has 0 spiro atoms. The van der Waals surface area contributed by atoms with Gasteiger partial charge in [-0.2, -0.15) is 0 Å². The lowest BCUT2D eigenvalue weighted by Crippen LogP contribution is -1.93. The van der Waals surface area contributed by atoms with Crippen LogP contribution < -0.4 is 0 Å². The van der Waals surface area contributed by atoms with Crippen molar-refractivity contribution < 1.29 is 4.39 Å². The Hall–Kier alpha value is -0.940. The van der Waals surface area contributed by atoms with Crippen LogP contribution in [-0.2, 0) is 0 Å². The van der Waals surface area contributed by atoms with E-state index in [2.05, 4.69) is 9.97 Å². The molecule has 0 aliphatic carbocycles. The quantitative estimate of drug-likeness (QED) is 0.522. The molecule has 1 aromatic carbocycles. The van der Waals surface area contributed by atoms with Crippen LogP contribution in [0.4, 0.5) is 4.39 Å². The summed E-state index contributed by atoms with van der Waals surface area (Å²) >= 11 is 19.3. The van der Waals surface area contributed by atoms with Gasteiger partial charge in [0.1, 0.15) is 15.3 Å². The average Bonchev–Trinajstić information content (AvgIpc) is 2.71. The van der Waals surface area contributed by atoms with Gasteiger partial charge in [0.25, 0.3) is 0 Å². The van der Waals surface area contributed by atoms with E-state index >= 15 is 0 Å². The zero-order valence-electron chi connectivity index (χ0n) is 10.0. The first kappa shape index (κ1) is 14.0. The van der Waals surface area contributed by atoms with Crippen molar-refractivity contribution >= 4 is 57.0 Å². The first-order chi connectivity index (χ1) is 9.45. The van der Waals surface area contributed by atoms with Gasteiger partial charge in [0, 0.05) is 11.5 Å². The van der Waals surface area contributed by atoms with Gasteiger partial charge in [-0.15, -0.1) is 11.3 Å². The highest BCUT2D eigenvalue weighted by molar-refractivity contribution is 7.20. The van der Waals surface area contributed by atoms with Crippen LogP contribution in [-0.4, -0.2) is 9.97 Å². The zero-order valence-corrected chi connectivity index (χ0v) is 13.1. The standard InChI is InChI=1S/C13H6Cl3FN2S/c1-5-2-6-9(4-8(5)17)18-13(19-11(6)15)7-3-10(14)20-12(7)16/h2-4H,1H3. The molecule has 0 saturated carbocycles. The number of halogens is 4. The van der Waals surface area contributed by atoms with E-state index in [1.807, 2.05) is 0 Å². The molecule has 2 heterocycles. The van der Waals surface area contributed by atoms with Gasteiger partial charge in [-0.25, -0.2) is 14.4 Å². The van der Waals surface area contributed by atoms with Crippen molar-refractivity contribution in [3.8, 4) is 11.4 Å². The van der Waals surface area contributed by atoms with Crippen molar-refractivity contribution in [1.29, 1.82) is 0 Å². The second-order valence-corrected chi connectivity index (χ2v) is 6.84. The van der Waals surface area contributed by atoms with Gasteiger partial charge in [-0.3, -0.25) is 0 Å². The Morgan fingerprint density at radius 2 is 1.85 bits per heavy atom. The van der Waals surface area contributed by atoms with Crippen molar-refractivity contribution in [3.63, 3.8) is 0 Å². The van der Waals surface area contributed by atoms with Gasteiger partial charge in [0.2, 0.25) is 0 Å². The van der Waals surface area contributed by atoms with Crippen LogP contribution in [0, 0.1) is 12.7 Å². The first-order valence-corrected chi connectivity index (χ1v) is 7.49. The predicted octanol–water partition coefficient (Wildman–Crippen LogP) is 5.77. The largest absolute Gasteiger partial charge is 0.228 e. The molecule has 7 heteroatoms. The number of benzene rings is 1. The summed E-state index contributed by atoms with van der Waals surface area (Å²) in [5.74, 6) is -0.00781. The highest BCUT2D eigenvalue weighted by Crippen LogP contribution is 2.38. The molecule has 0 saturated heterocycles. The second-order valence-electron chi connectivity index (χ2n) is 4.19. The number of fused-ring (bicyclic) bond motifs is 1. The summed E-state index contributed by atoms with van der Waals surface area (Å²) in [4.78, 5) is 8.52. The van der Waals surface area contributed by atoms with Gasteiger partial charge >= 0.3 is 0 Å². The third-order valence-electron chi connectivity index (χ3n) is 2.83. The maximum Gasteiger partial charge on any atom is 0.163 e. The van der Waals surface area contributed by atoms with Crippen molar-refractivity contribution in [3.05, 3.63) is 43.4 Å². The van der Waals surface area contributed by atoms with Crippen LogP contribution in [0.25, 0.3) is 22.3 Å². The molecule has 0 atom stereocenters. The number of aryl methyl sites for hydroxylation is 1. The van der Waals surface area contributed by atoms with Gasteiger partial charge in [0.05, 0.1) is 15.4 Å². The third-order valence-corrected chi connectivity index (χ3v) is 4.60. The SMILES string of the molecule is Cc1cc2c(Cl)nc(-c3cc(Cl)sc3Cl)nc2cc1F. The lowest BCUT2D eigenvalue weighted by atomic mass is 10.1. The Bertz CT molecular complexity index is 832. The predicted molar refractivity (Wildman–Crippen MR) is 82.6 cm³/mol. The molecule has 0 unspecified atom stereocenters. The van der Waals surface area contributed by atoms with E-state index in [9.17, 15) is 4.39 Å². The average molecular weight is 348 g/mol. The molecule has 0 amide bonds. The third kappa shape index (κ3) is 2.37. The van der Waals surface area contributed by atoms with Crippen LogP contribution >= 0.6 is 46.1 Å². The molecule has 3 aromatic rings. The molecule has 0 fully saturated rings. The minimum Gasteiger partial charge on any atom is -0.228 e. The summed E-state index contributed by atoms with van der Waals surface area (Å²) in [5.41, 5.74) is 1.51. The first-order valence-electron chi connectivity index (χ1n) is 5.54. The molecule has 20 heavy (non-hydrogen) atoms. The summed E-state index contributed by atoms with van der Waals surface area (Å²) < 4.78 is 14.6. The topological polar surface area (TPSA) is 25.8 Å². The van der Waals surface area contributed by atoms with E-state index in [-0.39, 0.29) is 11.0 Å². The lowest BCUT2D eigenvalue weighted by molar-refractivity contribution is 0.620. The number of hydrogen-bond acceptors (Lipinski definition) is 3. The summed E-state index contributed by atoms with van der Waals surface area (Å²) in [6.45, 7) is 1.66. The maximum absolute atomic E-state index is 13.6. The van der Waals surface area contributed by atoms with E-state index in [0.717, 1.165) is 0 Å². The van der Waals surface area contributed by atoms with Crippen molar-refractivity contribution in [2.24, 2.45) is 0 Å². The van der Waals surface area contributed by atoms with Crippen LogP contribution in [0.2, 0.25) is 13.8 Å². The Kier molecular flexibility index (Phi) is 3.58. The Labute approximate surface area is 133 Å². The fourth-order valence-electron chi connectivity index (χ4n) is 1.83. The van der Waals surface area contributed by atoms with Crippen molar-refractivity contribution in [2.45, 2.75) is 6.92 Å². The van der Waals surface area contributed by atoms with E-state index in [1.165, 1.54) is 17.4 Å². The fourth-order valence-corrected chi connectivity index (χ4v) is 3.52. The smallest absolute Gasteiger partial charge is 0.163 e. The number of aromatic nitrogens is 2. The Morgan fingerprint density at radius 3 is 2.50 bits per heavy atom. The molecule has 0 radical (unpaired) electrons. The molecule has 0 bridgehead atoms. The van der Waals surface area contributed by atoms with Gasteiger partial charge in [-0.05, 0) is 24.6 Å². The normalized spacial score (nSPS) is 11.2. The highest BCUT2D eigenvalue weighted by atomic mass is 35.5. The van der Waals surface area contributed by atoms with Gasteiger partial charge in [-0.1, -0.05) is 34.8 Å². The Balaban J connectivity index is 2.29. The molecular formula is C13H6Cl3FN2S. The molecule has 102 valence electrons. The summed E-state index contributed by atoms with van der Waals surface area (Å²) in [7, 11) is 0. The molecule has 3 rings (SSSR count). The number of hydrogen-bond donors (Lipinski definition) is 0. The van der Waals surface area contributed by atoms with E-state index in [0.29, 0.717) is 36.5 Å². The van der Waals surface area contributed by atoms with Crippen LogP contribution in [0.5, 0.6) is 0 Å². The Morgan fingerprint density at radius 1 is 1.10 bits per heavy atom. The van der Waals surface area contributed by atoms with Crippen molar-refractivity contribution in [1.82, 2.24) is 9.97 Å². The minimum absolute atomic E-state index is 0.256. The van der Waals surface area contributed by atoms with Crippen molar-refractivity contribution in [2.75, 3.05) is 0 Å². The minimum atomic E-state index is -0.340. The summed E-state index contributed by atoms with van der Waals surface area (Å²) in [6.07, 6.45) is 0. The molecule has 0 N–H and O–H groups in total. The molecule has 2 nitrogen and oxygen atoms in total. The number of thiophene rings is 1. The highest BCUT2D eigenvalue weighted by Gasteiger charge is 2.15. The summed E-state index contributed by atoms with van der Waals surface area (Å²) in [6, 6.07) is 4.62. The van der Waals surface area contributed by atoms with Crippen LogP contribution in [0.15, 0.2) is 18.2 Å². The maximum atomic E-state index is 13.6. The monoisotopic (exact) mass is 346 g/mol. The van der Waals surface area contributed by atoms with E-state index < -0.39 is 0 Å². The van der Waals surface area contributed by atoms with Gasteiger partial charge < -0.3 is 0 Å². The molecular weight excluding hydrogens is 342 g/mol. The molecule has 2 aromatic heterocycles. The fraction of sp³-hybridized carbons (Fsp3) is 0.0769. The van der Waals surface area contributed by atoms with E-state index in [1.54, 1.807) is 19.1 Å². The second kappa shape index (κ2) is 5.11. The van der Waals surface area contributed by atoms with E-state index in [4.69, 9.17) is 34.8 Å². The molecule has 0 aliphatic heterocycles. The van der Waals surface area contributed by atoms with Gasteiger partial charge in [0.15, 0.2) is 5.82 Å². The zero-order chi connectivity index (χ0) is 14.4. The van der Waals surface area contributed by atoms with Crippen LogP contribution in [0.1, 0.15) is 5.56 Å². The summed E-state index contributed by atoms with van der Waals surface area (Å²) in [5, 5.41) is 0.859. The number of nitrogens with zero attached hydrogens (tertiary/aromatic N) is 2. The lowest BCUT2D eigenvalue weighted by Gasteiger charge is -2.05.